The van der Waals surface area contributed by atoms with Crippen LogP contribution < -0.4 is 5.32 Å². The molecule has 0 saturated heterocycles. The number of nitrogens with one attached hydrogen (secondary N) is 1. The molecule has 5 heteroatoms. The van der Waals surface area contributed by atoms with Gasteiger partial charge in [0.15, 0.2) is 5.65 Å². The van der Waals surface area contributed by atoms with Crippen LogP contribution in [0, 0.1) is 6.92 Å². The summed E-state index contributed by atoms with van der Waals surface area (Å²) in [5, 5.41) is 18.4. The van der Waals surface area contributed by atoms with Crippen LogP contribution in [-0.4, -0.2) is 31.9 Å². The summed E-state index contributed by atoms with van der Waals surface area (Å²) in [5.74, 6) is 0. The Morgan fingerprint density at radius 3 is 2.81 bits per heavy atom. The van der Waals surface area contributed by atoms with E-state index in [-0.39, 0.29) is 0 Å². The molecule has 114 valence electrons. The lowest BCUT2D eigenvalue weighted by Crippen LogP contribution is -2.39. The Morgan fingerprint density at radius 1 is 1.29 bits per heavy atom. The average Bonchev–Trinajstić information content (AvgIpc) is 2.68. The molecular weight excluding hydrogens is 264 g/mol. The predicted molar refractivity (Wildman–Crippen MR) is 82.1 cm³/mol. The molecule has 0 radical (unpaired) electrons. The number of aromatic nitrogens is 3. The van der Waals surface area contributed by atoms with E-state index in [2.05, 4.69) is 15.4 Å². The fraction of sp³-hybridized carbons (Fsp3) is 0.625. The van der Waals surface area contributed by atoms with E-state index in [1.54, 1.807) is 0 Å². The second-order valence-corrected chi connectivity index (χ2v) is 6.29. The predicted octanol–water partition coefficient (Wildman–Crippen LogP) is 2.21. The van der Waals surface area contributed by atoms with E-state index in [1.807, 2.05) is 29.9 Å². The van der Waals surface area contributed by atoms with Gasteiger partial charge in [0.25, 0.3) is 0 Å². The molecule has 5 nitrogen and oxygen atoms in total. The monoisotopic (exact) mass is 288 g/mol. The minimum atomic E-state index is -0.531. The smallest absolute Gasteiger partial charge is 0.155 e. The highest BCUT2D eigenvalue weighted by molar-refractivity contribution is 5.38. The van der Waals surface area contributed by atoms with Crippen molar-refractivity contribution in [2.75, 3.05) is 6.54 Å². The molecule has 0 aliphatic heterocycles. The summed E-state index contributed by atoms with van der Waals surface area (Å²) in [6.45, 7) is 3.33. The van der Waals surface area contributed by atoms with Crippen LogP contribution in [0.5, 0.6) is 0 Å². The number of nitrogens with zero attached hydrogens (tertiary/aromatic N) is 3. The highest BCUT2D eigenvalue weighted by Crippen LogP contribution is 2.26. The number of fused-ring (bicyclic) bond motifs is 1. The summed E-state index contributed by atoms with van der Waals surface area (Å²) in [4.78, 5) is 4.40. The van der Waals surface area contributed by atoms with Crippen LogP contribution in [0.4, 0.5) is 0 Å². The first-order valence-electron chi connectivity index (χ1n) is 7.89. The van der Waals surface area contributed by atoms with E-state index in [1.165, 1.54) is 12.8 Å². The largest absolute Gasteiger partial charge is 0.389 e. The standard InChI is InChI=1S/C16H24N4O/c1-13-8-15-18-10-14(11-20(15)19-13)9-17-12-16(21)6-4-2-3-5-7-16/h8,10-11,17,21H,2-7,9,12H2,1H3. The fourth-order valence-electron chi connectivity index (χ4n) is 3.13. The topological polar surface area (TPSA) is 62.5 Å². The minimum Gasteiger partial charge on any atom is -0.389 e. The van der Waals surface area contributed by atoms with Crippen molar-refractivity contribution in [3.8, 4) is 0 Å². The van der Waals surface area contributed by atoms with E-state index >= 15 is 0 Å². The lowest BCUT2D eigenvalue weighted by Gasteiger charge is -2.26. The van der Waals surface area contributed by atoms with Gasteiger partial charge < -0.3 is 10.4 Å². The molecule has 2 N–H and O–H groups in total. The molecule has 3 rings (SSSR count). The Balaban J connectivity index is 1.58. The van der Waals surface area contributed by atoms with Crippen molar-refractivity contribution in [2.45, 2.75) is 57.6 Å². The summed E-state index contributed by atoms with van der Waals surface area (Å²) < 4.78 is 1.81. The second kappa shape index (κ2) is 6.12. The molecule has 1 aliphatic rings. The van der Waals surface area contributed by atoms with Gasteiger partial charge in [-0.05, 0) is 19.8 Å². The van der Waals surface area contributed by atoms with Gasteiger partial charge in [0, 0.05) is 37.1 Å². The van der Waals surface area contributed by atoms with Crippen LogP contribution in [0.15, 0.2) is 18.5 Å². The van der Waals surface area contributed by atoms with Gasteiger partial charge in [-0.3, -0.25) is 0 Å². The van der Waals surface area contributed by atoms with Gasteiger partial charge in [-0.15, -0.1) is 0 Å². The molecule has 2 aromatic rings. The van der Waals surface area contributed by atoms with Crippen LogP contribution in [0.25, 0.3) is 5.65 Å². The number of rotatable bonds is 4. The van der Waals surface area contributed by atoms with Crippen molar-refractivity contribution < 1.29 is 5.11 Å². The molecule has 1 saturated carbocycles. The third-order valence-electron chi connectivity index (χ3n) is 4.31. The van der Waals surface area contributed by atoms with E-state index in [9.17, 15) is 5.11 Å². The highest BCUT2D eigenvalue weighted by Gasteiger charge is 2.27. The lowest BCUT2D eigenvalue weighted by molar-refractivity contribution is 0.0250. The van der Waals surface area contributed by atoms with Crippen LogP contribution in [0.3, 0.4) is 0 Å². The summed E-state index contributed by atoms with van der Waals surface area (Å²) in [6.07, 6.45) is 10.5. The Hall–Kier alpha value is -1.46. The van der Waals surface area contributed by atoms with Crippen LogP contribution in [-0.2, 0) is 6.54 Å². The number of hydrogen-bond donors (Lipinski definition) is 2. The zero-order valence-electron chi connectivity index (χ0n) is 12.7. The fourth-order valence-corrected chi connectivity index (χ4v) is 3.13. The van der Waals surface area contributed by atoms with Gasteiger partial charge in [0.05, 0.1) is 11.3 Å². The van der Waals surface area contributed by atoms with E-state index < -0.39 is 5.60 Å². The first-order valence-corrected chi connectivity index (χ1v) is 7.89. The highest BCUT2D eigenvalue weighted by atomic mass is 16.3. The maximum absolute atomic E-state index is 10.6. The molecule has 2 heterocycles. The number of aliphatic hydroxyl groups is 1. The Bertz CT molecular complexity index is 599. The summed E-state index contributed by atoms with van der Waals surface area (Å²) in [6, 6.07) is 1.96. The molecular formula is C16H24N4O. The van der Waals surface area contributed by atoms with E-state index in [0.29, 0.717) is 13.1 Å². The Labute approximate surface area is 125 Å². The van der Waals surface area contributed by atoms with Crippen LogP contribution >= 0.6 is 0 Å². The van der Waals surface area contributed by atoms with Crippen molar-refractivity contribution in [3.05, 3.63) is 29.7 Å². The third-order valence-corrected chi connectivity index (χ3v) is 4.31. The molecule has 0 atom stereocenters. The summed E-state index contributed by atoms with van der Waals surface area (Å²) >= 11 is 0. The molecule has 2 aromatic heterocycles. The number of hydrogen-bond acceptors (Lipinski definition) is 4. The number of aryl methyl sites for hydroxylation is 1. The van der Waals surface area contributed by atoms with Crippen LogP contribution in [0.2, 0.25) is 0 Å². The third kappa shape index (κ3) is 3.60. The van der Waals surface area contributed by atoms with Gasteiger partial charge in [-0.2, -0.15) is 5.10 Å². The summed E-state index contributed by atoms with van der Waals surface area (Å²) in [7, 11) is 0. The van der Waals surface area contributed by atoms with Crippen LogP contribution in [0.1, 0.15) is 49.8 Å². The van der Waals surface area contributed by atoms with Crippen molar-refractivity contribution in [2.24, 2.45) is 0 Å². The zero-order valence-corrected chi connectivity index (χ0v) is 12.7. The maximum atomic E-state index is 10.6. The van der Waals surface area contributed by atoms with Gasteiger partial charge in [-0.25, -0.2) is 9.50 Å². The van der Waals surface area contributed by atoms with Gasteiger partial charge in [0.1, 0.15) is 0 Å². The van der Waals surface area contributed by atoms with Gasteiger partial charge in [0.2, 0.25) is 0 Å². The van der Waals surface area contributed by atoms with Crippen molar-refractivity contribution in [1.82, 2.24) is 19.9 Å². The molecule has 1 fully saturated rings. The lowest BCUT2D eigenvalue weighted by atomic mass is 9.94. The first-order chi connectivity index (χ1) is 10.1. The molecule has 0 bridgehead atoms. The van der Waals surface area contributed by atoms with E-state index in [4.69, 9.17) is 0 Å². The molecule has 0 amide bonds. The maximum Gasteiger partial charge on any atom is 0.155 e. The van der Waals surface area contributed by atoms with Gasteiger partial charge >= 0.3 is 0 Å². The normalized spacial score (nSPS) is 18.8. The molecule has 0 aromatic carbocycles. The van der Waals surface area contributed by atoms with Crippen molar-refractivity contribution in [1.29, 1.82) is 0 Å². The molecule has 1 aliphatic carbocycles. The van der Waals surface area contributed by atoms with E-state index in [0.717, 1.165) is 42.6 Å². The quantitative estimate of drug-likeness (QED) is 0.847. The van der Waals surface area contributed by atoms with Gasteiger partial charge in [-0.1, -0.05) is 25.7 Å². The van der Waals surface area contributed by atoms with Crippen molar-refractivity contribution in [3.63, 3.8) is 0 Å². The summed E-state index contributed by atoms with van der Waals surface area (Å²) in [5.41, 5.74) is 2.40. The first kappa shape index (κ1) is 14.5. The second-order valence-electron chi connectivity index (χ2n) is 6.29. The molecule has 0 spiro atoms. The minimum absolute atomic E-state index is 0.531. The molecule has 0 unspecified atom stereocenters. The van der Waals surface area contributed by atoms with Crippen molar-refractivity contribution >= 4 is 5.65 Å². The Kier molecular flexibility index (Phi) is 4.22. The zero-order chi connectivity index (χ0) is 14.7. The average molecular weight is 288 g/mol. The Morgan fingerprint density at radius 2 is 2.05 bits per heavy atom. The SMILES string of the molecule is Cc1cc2ncc(CNCC3(O)CCCCCC3)cn2n1. The molecule has 21 heavy (non-hydrogen) atoms.